The van der Waals surface area contributed by atoms with E-state index in [0.717, 1.165) is 12.8 Å². The zero-order valence-electron chi connectivity index (χ0n) is 13.0. The molecule has 7 nitrogen and oxygen atoms in total. The standard InChI is InChI=1S/C15H23N3O4/c1-8(7-16)17(2)11(19)5-6-18-14(20)12-9-3-4-10(22-9)13(12)15(18)21/h8-10,12-13H,3-7,16H2,1-2H3. The van der Waals surface area contributed by atoms with Crippen LogP contribution in [0.3, 0.4) is 0 Å². The molecule has 5 unspecified atom stereocenters. The lowest BCUT2D eigenvalue weighted by Crippen LogP contribution is -2.42. The van der Waals surface area contributed by atoms with Gasteiger partial charge >= 0.3 is 0 Å². The van der Waals surface area contributed by atoms with Crippen molar-refractivity contribution < 1.29 is 19.1 Å². The number of fused-ring (bicyclic) bond motifs is 5. The third kappa shape index (κ3) is 2.23. The van der Waals surface area contributed by atoms with Crippen LogP contribution < -0.4 is 5.73 Å². The highest BCUT2D eigenvalue weighted by Gasteiger charge is 2.62. The van der Waals surface area contributed by atoms with Crippen LogP contribution in [0.5, 0.6) is 0 Å². The Hall–Kier alpha value is -1.47. The predicted octanol–water partition coefficient (Wildman–Crippen LogP) is -0.655. The quantitative estimate of drug-likeness (QED) is 0.681. The van der Waals surface area contributed by atoms with E-state index in [9.17, 15) is 14.4 Å². The molecule has 7 heteroatoms. The molecule has 3 amide bonds. The van der Waals surface area contributed by atoms with Crippen molar-refractivity contribution in [3.63, 3.8) is 0 Å². The van der Waals surface area contributed by atoms with E-state index in [-0.39, 0.29) is 60.8 Å². The molecule has 0 saturated carbocycles. The second kappa shape index (κ2) is 5.62. The van der Waals surface area contributed by atoms with E-state index in [2.05, 4.69) is 0 Å². The Balaban J connectivity index is 1.61. The van der Waals surface area contributed by atoms with E-state index in [4.69, 9.17) is 10.5 Å². The van der Waals surface area contributed by atoms with Crippen molar-refractivity contribution in [1.82, 2.24) is 9.80 Å². The number of carbonyl (C=O) groups excluding carboxylic acids is 3. The fourth-order valence-electron chi connectivity index (χ4n) is 3.78. The van der Waals surface area contributed by atoms with Gasteiger partial charge in [0.05, 0.1) is 24.0 Å². The first kappa shape index (κ1) is 15.4. The maximum atomic E-state index is 12.4. The molecule has 3 rings (SSSR count). The lowest BCUT2D eigenvalue weighted by Gasteiger charge is -2.25. The van der Waals surface area contributed by atoms with Gasteiger partial charge in [0, 0.05) is 32.6 Å². The van der Waals surface area contributed by atoms with Crippen LogP contribution in [0, 0.1) is 11.8 Å². The van der Waals surface area contributed by atoms with Crippen LogP contribution in [0.15, 0.2) is 0 Å². The predicted molar refractivity (Wildman–Crippen MR) is 77.5 cm³/mol. The van der Waals surface area contributed by atoms with E-state index < -0.39 is 0 Å². The Labute approximate surface area is 129 Å². The van der Waals surface area contributed by atoms with Gasteiger partial charge in [-0.15, -0.1) is 0 Å². The highest BCUT2D eigenvalue weighted by Crippen LogP contribution is 2.48. The molecule has 0 aliphatic carbocycles. The Morgan fingerprint density at radius 2 is 1.86 bits per heavy atom. The first-order valence-electron chi connectivity index (χ1n) is 7.92. The van der Waals surface area contributed by atoms with Crippen LogP contribution in [0.2, 0.25) is 0 Å². The number of hydrogen-bond donors (Lipinski definition) is 1. The van der Waals surface area contributed by atoms with Crippen molar-refractivity contribution in [3.8, 4) is 0 Å². The number of nitrogens with zero attached hydrogens (tertiary/aromatic N) is 2. The second-order valence-electron chi connectivity index (χ2n) is 6.51. The van der Waals surface area contributed by atoms with Gasteiger partial charge in [-0.3, -0.25) is 19.3 Å². The van der Waals surface area contributed by atoms with Gasteiger partial charge < -0.3 is 15.4 Å². The average Bonchev–Trinajstić information content (AvgIpc) is 3.18. The molecular weight excluding hydrogens is 286 g/mol. The summed E-state index contributed by atoms with van der Waals surface area (Å²) in [4.78, 5) is 39.8. The molecule has 22 heavy (non-hydrogen) atoms. The molecule has 0 aromatic rings. The summed E-state index contributed by atoms with van der Waals surface area (Å²) >= 11 is 0. The van der Waals surface area contributed by atoms with Crippen LogP contribution in [0.1, 0.15) is 26.2 Å². The van der Waals surface area contributed by atoms with Gasteiger partial charge in [0.2, 0.25) is 17.7 Å². The van der Waals surface area contributed by atoms with Gasteiger partial charge in [-0.1, -0.05) is 0 Å². The smallest absolute Gasteiger partial charge is 0.235 e. The third-order valence-electron chi connectivity index (χ3n) is 5.32. The fourth-order valence-corrected chi connectivity index (χ4v) is 3.78. The Bertz CT molecular complexity index is 481. The number of nitrogens with two attached hydrogens (primary N) is 1. The number of rotatable bonds is 5. The minimum Gasteiger partial charge on any atom is -0.373 e. The third-order valence-corrected chi connectivity index (χ3v) is 5.32. The summed E-state index contributed by atoms with van der Waals surface area (Å²) in [5, 5.41) is 0. The molecule has 0 aromatic heterocycles. The van der Waals surface area contributed by atoms with Crippen LogP contribution in [-0.2, 0) is 19.1 Å². The maximum absolute atomic E-state index is 12.4. The largest absolute Gasteiger partial charge is 0.373 e. The number of amides is 3. The summed E-state index contributed by atoms with van der Waals surface area (Å²) in [6.07, 6.45) is 1.65. The summed E-state index contributed by atoms with van der Waals surface area (Å²) in [5.74, 6) is -1.06. The van der Waals surface area contributed by atoms with E-state index in [0.29, 0.717) is 6.54 Å². The molecule has 0 aromatic carbocycles. The molecule has 0 spiro atoms. The van der Waals surface area contributed by atoms with Crippen LogP contribution in [0.25, 0.3) is 0 Å². The van der Waals surface area contributed by atoms with Gasteiger partial charge in [-0.25, -0.2) is 0 Å². The zero-order chi connectivity index (χ0) is 16.0. The van der Waals surface area contributed by atoms with Crippen molar-refractivity contribution in [2.45, 2.75) is 44.4 Å². The fraction of sp³-hybridized carbons (Fsp3) is 0.800. The Kier molecular flexibility index (Phi) is 3.94. The minimum atomic E-state index is -0.318. The molecule has 2 N–H and O–H groups in total. The highest BCUT2D eigenvalue weighted by atomic mass is 16.5. The molecule has 3 heterocycles. The van der Waals surface area contributed by atoms with E-state index >= 15 is 0 Å². The summed E-state index contributed by atoms with van der Waals surface area (Å²) in [7, 11) is 1.69. The first-order valence-corrected chi connectivity index (χ1v) is 7.92. The summed E-state index contributed by atoms with van der Waals surface area (Å²) in [6.45, 7) is 2.41. The van der Waals surface area contributed by atoms with Crippen molar-refractivity contribution in [2.75, 3.05) is 20.1 Å². The van der Waals surface area contributed by atoms with Crippen molar-refractivity contribution >= 4 is 17.7 Å². The van der Waals surface area contributed by atoms with E-state index in [1.807, 2.05) is 6.92 Å². The van der Waals surface area contributed by atoms with Gasteiger partial charge in [-0.05, 0) is 19.8 Å². The highest BCUT2D eigenvalue weighted by molar-refractivity contribution is 6.06. The maximum Gasteiger partial charge on any atom is 0.235 e. The van der Waals surface area contributed by atoms with Crippen molar-refractivity contribution in [1.29, 1.82) is 0 Å². The number of hydrogen-bond acceptors (Lipinski definition) is 5. The summed E-state index contributed by atoms with van der Waals surface area (Å²) in [6, 6.07) is -0.0545. The van der Waals surface area contributed by atoms with Gasteiger partial charge in [0.1, 0.15) is 0 Å². The topological polar surface area (TPSA) is 92.9 Å². The zero-order valence-corrected chi connectivity index (χ0v) is 13.0. The molecule has 3 fully saturated rings. The summed E-state index contributed by atoms with van der Waals surface area (Å²) < 4.78 is 5.68. The lowest BCUT2D eigenvalue weighted by molar-refractivity contribution is -0.143. The van der Waals surface area contributed by atoms with Crippen molar-refractivity contribution in [2.24, 2.45) is 17.6 Å². The van der Waals surface area contributed by atoms with Gasteiger partial charge in [-0.2, -0.15) is 0 Å². The lowest BCUT2D eigenvalue weighted by atomic mass is 9.81. The molecule has 5 atom stereocenters. The monoisotopic (exact) mass is 309 g/mol. The van der Waals surface area contributed by atoms with Crippen LogP contribution in [-0.4, -0.2) is 65.9 Å². The molecule has 122 valence electrons. The molecule has 3 aliphatic heterocycles. The van der Waals surface area contributed by atoms with E-state index in [1.54, 1.807) is 11.9 Å². The Morgan fingerprint density at radius 3 is 2.36 bits per heavy atom. The van der Waals surface area contributed by atoms with E-state index in [1.165, 1.54) is 4.90 Å². The number of likely N-dealkylation sites (N-methyl/N-ethyl adjacent to an activating group) is 1. The number of likely N-dealkylation sites (tertiary alicyclic amines) is 1. The summed E-state index contributed by atoms with van der Waals surface area (Å²) in [5.41, 5.74) is 5.55. The number of imide groups is 1. The molecule has 3 aliphatic rings. The minimum absolute atomic E-state index is 0.0545. The van der Waals surface area contributed by atoms with Crippen molar-refractivity contribution in [3.05, 3.63) is 0 Å². The molecular formula is C15H23N3O4. The van der Waals surface area contributed by atoms with Gasteiger partial charge in [0.25, 0.3) is 0 Å². The molecule has 2 bridgehead atoms. The number of carbonyl (C=O) groups is 3. The Morgan fingerprint density at radius 1 is 1.32 bits per heavy atom. The second-order valence-corrected chi connectivity index (χ2v) is 6.51. The average molecular weight is 309 g/mol. The van der Waals surface area contributed by atoms with Crippen LogP contribution in [0.4, 0.5) is 0 Å². The van der Waals surface area contributed by atoms with Crippen LogP contribution >= 0.6 is 0 Å². The normalized spacial score (nSPS) is 34.2. The van der Waals surface area contributed by atoms with Gasteiger partial charge in [0.15, 0.2) is 0 Å². The SMILES string of the molecule is CC(CN)N(C)C(=O)CCN1C(=O)C2C3CCC(O3)C2C1=O. The number of ether oxygens (including phenoxy) is 1. The first-order chi connectivity index (χ1) is 10.5. The molecule has 3 saturated heterocycles. The molecule has 0 radical (unpaired) electrons.